The molecule has 0 bridgehead atoms. The molecule has 1 saturated carbocycles. The topological polar surface area (TPSA) is 12.0 Å². The normalized spacial score (nSPS) is 42.5. The Labute approximate surface area is 80.1 Å². The fourth-order valence-corrected chi connectivity index (χ4v) is 3.02. The molecule has 2 unspecified atom stereocenters. The van der Waals surface area contributed by atoms with Gasteiger partial charge in [0, 0.05) is 5.54 Å². The van der Waals surface area contributed by atoms with Gasteiger partial charge in [0.2, 0.25) is 0 Å². The SMILES string of the molecule is CC1(C2CCCC2)CC(F)CCN1. The lowest BCUT2D eigenvalue weighted by Crippen LogP contribution is -2.53. The van der Waals surface area contributed by atoms with E-state index >= 15 is 0 Å². The van der Waals surface area contributed by atoms with E-state index in [-0.39, 0.29) is 5.54 Å². The fraction of sp³-hybridized carbons (Fsp3) is 1.00. The maximum absolute atomic E-state index is 13.3. The highest BCUT2D eigenvalue weighted by Crippen LogP contribution is 2.38. The zero-order valence-electron chi connectivity index (χ0n) is 8.48. The summed E-state index contributed by atoms with van der Waals surface area (Å²) in [4.78, 5) is 0. The quantitative estimate of drug-likeness (QED) is 0.662. The van der Waals surface area contributed by atoms with E-state index in [1.807, 2.05) is 0 Å². The Balaban J connectivity index is 2.00. The van der Waals surface area contributed by atoms with Crippen LogP contribution >= 0.6 is 0 Å². The largest absolute Gasteiger partial charge is 0.311 e. The van der Waals surface area contributed by atoms with Gasteiger partial charge < -0.3 is 5.32 Å². The summed E-state index contributed by atoms with van der Waals surface area (Å²) < 4.78 is 13.3. The minimum Gasteiger partial charge on any atom is -0.311 e. The van der Waals surface area contributed by atoms with E-state index < -0.39 is 6.17 Å². The number of alkyl halides is 1. The summed E-state index contributed by atoms with van der Waals surface area (Å²) >= 11 is 0. The van der Waals surface area contributed by atoms with Crippen LogP contribution in [0.15, 0.2) is 0 Å². The van der Waals surface area contributed by atoms with E-state index in [0.717, 1.165) is 18.9 Å². The van der Waals surface area contributed by atoms with Gasteiger partial charge in [-0.3, -0.25) is 0 Å². The second-order valence-electron chi connectivity index (χ2n) is 4.92. The lowest BCUT2D eigenvalue weighted by Gasteiger charge is -2.41. The van der Waals surface area contributed by atoms with Crippen molar-refractivity contribution in [3.8, 4) is 0 Å². The first-order valence-corrected chi connectivity index (χ1v) is 5.60. The molecule has 1 heterocycles. The molecule has 0 spiro atoms. The van der Waals surface area contributed by atoms with Crippen molar-refractivity contribution in [2.75, 3.05) is 6.54 Å². The molecule has 0 amide bonds. The van der Waals surface area contributed by atoms with Crippen LogP contribution in [0.2, 0.25) is 0 Å². The molecule has 0 aromatic rings. The smallest absolute Gasteiger partial charge is 0.103 e. The molecule has 1 nitrogen and oxygen atoms in total. The van der Waals surface area contributed by atoms with Gasteiger partial charge in [-0.05, 0) is 45.1 Å². The predicted octanol–water partition coefficient (Wildman–Crippen LogP) is 2.66. The second kappa shape index (κ2) is 3.56. The Morgan fingerprint density at radius 3 is 2.54 bits per heavy atom. The van der Waals surface area contributed by atoms with Gasteiger partial charge in [0.05, 0.1) is 0 Å². The first kappa shape index (κ1) is 9.45. The summed E-state index contributed by atoms with van der Waals surface area (Å²) in [6, 6.07) is 0. The van der Waals surface area contributed by atoms with Gasteiger partial charge in [-0.15, -0.1) is 0 Å². The molecule has 2 atom stereocenters. The summed E-state index contributed by atoms with van der Waals surface area (Å²) in [5.41, 5.74) is 0.105. The van der Waals surface area contributed by atoms with Crippen LogP contribution in [-0.4, -0.2) is 18.3 Å². The number of halogens is 1. The van der Waals surface area contributed by atoms with E-state index in [2.05, 4.69) is 12.2 Å². The van der Waals surface area contributed by atoms with Crippen molar-refractivity contribution in [1.82, 2.24) is 5.32 Å². The number of hydrogen-bond acceptors (Lipinski definition) is 1. The van der Waals surface area contributed by atoms with Gasteiger partial charge >= 0.3 is 0 Å². The average molecular weight is 185 g/mol. The molecule has 13 heavy (non-hydrogen) atoms. The highest BCUT2D eigenvalue weighted by Gasteiger charge is 2.39. The number of hydrogen-bond donors (Lipinski definition) is 1. The fourth-order valence-electron chi connectivity index (χ4n) is 3.02. The Bertz CT molecular complexity index is 177. The van der Waals surface area contributed by atoms with Gasteiger partial charge in [0.15, 0.2) is 0 Å². The molecular formula is C11H20FN. The zero-order valence-corrected chi connectivity index (χ0v) is 8.48. The number of rotatable bonds is 1. The first-order valence-electron chi connectivity index (χ1n) is 5.60. The molecule has 1 aliphatic heterocycles. The van der Waals surface area contributed by atoms with Crippen LogP contribution in [-0.2, 0) is 0 Å². The Morgan fingerprint density at radius 2 is 1.92 bits per heavy atom. The number of piperidine rings is 1. The van der Waals surface area contributed by atoms with Gasteiger partial charge in [0.25, 0.3) is 0 Å². The molecule has 2 heteroatoms. The maximum Gasteiger partial charge on any atom is 0.103 e. The Hall–Kier alpha value is -0.110. The molecule has 0 radical (unpaired) electrons. The molecule has 1 aliphatic carbocycles. The lowest BCUT2D eigenvalue weighted by atomic mass is 9.77. The van der Waals surface area contributed by atoms with Crippen LogP contribution in [0.25, 0.3) is 0 Å². The van der Waals surface area contributed by atoms with Crippen molar-refractivity contribution < 1.29 is 4.39 Å². The Morgan fingerprint density at radius 1 is 1.23 bits per heavy atom. The van der Waals surface area contributed by atoms with Crippen LogP contribution in [0.3, 0.4) is 0 Å². The molecule has 1 N–H and O–H groups in total. The van der Waals surface area contributed by atoms with E-state index in [4.69, 9.17) is 0 Å². The predicted molar refractivity (Wildman–Crippen MR) is 52.5 cm³/mol. The van der Waals surface area contributed by atoms with Crippen LogP contribution in [0.1, 0.15) is 45.4 Å². The van der Waals surface area contributed by atoms with Gasteiger partial charge in [-0.25, -0.2) is 4.39 Å². The highest BCUT2D eigenvalue weighted by molar-refractivity contribution is 4.97. The van der Waals surface area contributed by atoms with Crippen LogP contribution in [0.5, 0.6) is 0 Å². The monoisotopic (exact) mass is 185 g/mol. The van der Waals surface area contributed by atoms with Crippen molar-refractivity contribution in [1.29, 1.82) is 0 Å². The average Bonchev–Trinajstić information content (AvgIpc) is 2.55. The van der Waals surface area contributed by atoms with Crippen LogP contribution in [0, 0.1) is 5.92 Å². The molecule has 2 fully saturated rings. The maximum atomic E-state index is 13.3. The first-order chi connectivity index (χ1) is 6.21. The third-order valence-electron chi connectivity index (χ3n) is 3.89. The summed E-state index contributed by atoms with van der Waals surface area (Å²) in [6.07, 6.45) is 6.18. The highest BCUT2D eigenvalue weighted by atomic mass is 19.1. The summed E-state index contributed by atoms with van der Waals surface area (Å²) in [5, 5.41) is 3.53. The molecular weight excluding hydrogens is 165 g/mol. The Kier molecular flexibility index (Phi) is 2.59. The summed E-state index contributed by atoms with van der Waals surface area (Å²) in [7, 11) is 0. The number of nitrogens with one attached hydrogen (secondary N) is 1. The third kappa shape index (κ3) is 1.88. The zero-order chi connectivity index (χ0) is 9.31. The molecule has 0 aromatic heterocycles. The van der Waals surface area contributed by atoms with E-state index in [1.54, 1.807) is 0 Å². The van der Waals surface area contributed by atoms with Crippen molar-refractivity contribution in [3.63, 3.8) is 0 Å². The second-order valence-corrected chi connectivity index (χ2v) is 4.92. The molecule has 76 valence electrons. The van der Waals surface area contributed by atoms with Crippen molar-refractivity contribution in [3.05, 3.63) is 0 Å². The van der Waals surface area contributed by atoms with Crippen molar-refractivity contribution >= 4 is 0 Å². The van der Waals surface area contributed by atoms with Crippen LogP contribution in [0.4, 0.5) is 4.39 Å². The van der Waals surface area contributed by atoms with E-state index in [1.165, 1.54) is 25.7 Å². The summed E-state index contributed by atoms with van der Waals surface area (Å²) in [6.45, 7) is 3.09. The van der Waals surface area contributed by atoms with Crippen LogP contribution < -0.4 is 5.32 Å². The van der Waals surface area contributed by atoms with Gasteiger partial charge in [-0.1, -0.05) is 12.8 Å². The van der Waals surface area contributed by atoms with Gasteiger partial charge in [-0.2, -0.15) is 0 Å². The van der Waals surface area contributed by atoms with Gasteiger partial charge in [0.1, 0.15) is 6.17 Å². The summed E-state index contributed by atoms with van der Waals surface area (Å²) in [5.74, 6) is 0.728. The lowest BCUT2D eigenvalue weighted by molar-refractivity contribution is 0.115. The van der Waals surface area contributed by atoms with Crippen molar-refractivity contribution in [2.24, 2.45) is 5.92 Å². The minimum absolute atomic E-state index is 0.105. The molecule has 1 saturated heterocycles. The van der Waals surface area contributed by atoms with E-state index in [9.17, 15) is 4.39 Å². The third-order valence-corrected chi connectivity index (χ3v) is 3.89. The molecule has 2 rings (SSSR count). The van der Waals surface area contributed by atoms with E-state index in [0.29, 0.717) is 6.42 Å². The minimum atomic E-state index is -0.563. The standard InChI is InChI=1S/C11H20FN/c1-11(9-4-2-3-5-9)8-10(12)6-7-13-11/h9-10,13H,2-8H2,1H3. The van der Waals surface area contributed by atoms with Crippen molar-refractivity contribution in [2.45, 2.75) is 57.2 Å². The molecule has 2 aliphatic rings. The molecule has 0 aromatic carbocycles.